The lowest BCUT2D eigenvalue weighted by Crippen LogP contribution is -2.12. The number of rotatable bonds is 2. The fourth-order valence-corrected chi connectivity index (χ4v) is 4.38. The molecule has 4 nitrogen and oxygen atoms in total. The Bertz CT molecular complexity index is 1620. The fraction of sp³-hybridized carbons (Fsp3) is 0.143. The van der Waals surface area contributed by atoms with E-state index in [1.165, 1.54) is 16.3 Å². The average Bonchev–Trinajstić information content (AvgIpc) is 3.43. The van der Waals surface area contributed by atoms with Crippen LogP contribution in [0.25, 0.3) is 55.4 Å². The molecule has 0 radical (unpaired) electrons. The van der Waals surface area contributed by atoms with Gasteiger partial charge in [-0.3, -0.25) is 0 Å². The van der Waals surface area contributed by atoms with Crippen LogP contribution in [-0.2, 0) is 5.41 Å². The Kier molecular flexibility index (Phi) is 3.99. The number of benzene rings is 3. The van der Waals surface area contributed by atoms with Crippen molar-refractivity contribution in [2.45, 2.75) is 26.2 Å². The van der Waals surface area contributed by atoms with Crippen molar-refractivity contribution in [3.63, 3.8) is 0 Å². The Labute approximate surface area is 185 Å². The number of hydrogen-bond acceptors (Lipinski definition) is 4. The monoisotopic (exact) mass is 418 g/mol. The van der Waals surface area contributed by atoms with Crippen molar-refractivity contribution in [1.82, 2.24) is 9.97 Å². The maximum atomic E-state index is 6.34. The maximum absolute atomic E-state index is 6.34. The Morgan fingerprint density at radius 1 is 0.781 bits per heavy atom. The third-order valence-electron chi connectivity index (χ3n) is 6.00. The molecule has 0 N–H and O–H groups in total. The van der Waals surface area contributed by atoms with Crippen LogP contribution in [0.2, 0.25) is 0 Å². The minimum absolute atomic E-state index is 0.00542. The summed E-state index contributed by atoms with van der Waals surface area (Å²) < 4.78 is 11.9. The topological polar surface area (TPSA) is 52.1 Å². The Hall–Kier alpha value is -3.92. The second kappa shape index (κ2) is 6.79. The van der Waals surface area contributed by atoms with E-state index in [0.717, 1.165) is 39.1 Å². The Morgan fingerprint density at radius 3 is 2.53 bits per heavy atom. The lowest BCUT2D eigenvalue weighted by molar-refractivity contribution is 0.596. The third kappa shape index (κ3) is 2.99. The molecule has 0 spiro atoms. The number of fused-ring (bicyclic) bond motifs is 3. The van der Waals surface area contributed by atoms with Crippen LogP contribution >= 0.6 is 0 Å². The van der Waals surface area contributed by atoms with Gasteiger partial charge < -0.3 is 8.83 Å². The van der Waals surface area contributed by atoms with Gasteiger partial charge >= 0.3 is 0 Å². The molecule has 6 rings (SSSR count). The van der Waals surface area contributed by atoms with E-state index in [4.69, 9.17) is 8.83 Å². The fourth-order valence-electron chi connectivity index (χ4n) is 4.38. The summed E-state index contributed by atoms with van der Waals surface area (Å²) in [5, 5.41) is 3.52. The maximum Gasteiger partial charge on any atom is 0.179 e. The Balaban J connectivity index is 1.56. The van der Waals surface area contributed by atoms with Crippen molar-refractivity contribution in [2.75, 3.05) is 0 Å². The molecular weight excluding hydrogens is 396 g/mol. The van der Waals surface area contributed by atoms with Crippen LogP contribution in [0.5, 0.6) is 0 Å². The summed E-state index contributed by atoms with van der Waals surface area (Å²) in [5.41, 5.74) is 6.37. The SMILES string of the molecule is CC(C)(C)c1cc(-c2ncnc3cc(-c4ccc5ccoc5c4)oc23)cc2ccccc12. The predicted molar refractivity (Wildman–Crippen MR) is 129 cm³/mol. The molecule has 0 saturated heterocycles. The molecule has 156 valence electrons. The van der Waals surface area contributed by atoms with Gasteiger partial charge in [-0.1, -0.05) is 57.2 Å². The Morgan fingerprint density at radius 2 is 1.66 bits per heavy atom. The normalized spacial score (nSPS) is 12.2. The second-order valence-electron chi connectivity index (χ2n) is 9.22. The first-order chi connectivity index (χ1) is 15.5. The van der Waals surface area contributed by atoms with Gasteiger partial charge in [0.1, 0.15) is 28.9 Å². The third-order valence-corrected chi connectivity index (χ3v) is 6.00. The molecule has 0 aliphatic carbocycles. The molecular formula is C28H22N2O2. The number of nitrogens with zero attached hydrogens (tertiary/aromatic N) is 2. The zero-order chi connectivity index (χ0) is 21.9. The van der Waals surface area contributed by atoms with Crippen LogP contribution in [0.15, 0.2) is 88.2 Å². The standard InChI is InChI=1S/C28H22N2O2/c1-28(2,3)22-13-20(12-18-6-4-5-7-21(18)22)26-27-23(29-16-30-26)15-25(32-27)19-9-8-17-10-11-31-24(17)14-19/h4-16H,1-3H3. The molecule has 3 aromatic heterocycles. The molecule has 0 fully saturated rings. The van der Waals surface area contributed by atoms with Crippen molar-refractivity contribution in [2.24, 2.45) is 0 Å². The smallest absolute Gasteiger partial charge is 0.179 e. The first-order valence-corrected chi connectivity index (χ1v) is 10.7. The average molecular weight is 418 g/mol. The van der Waals surface area contributed by atoms with Crippen LogP contribution in [0, 0.1) is 0 Å². The lowest BCUT2D eigenvalue weighted by atomic mass is 9.82. The van der Waals surface area contributed by atoms with Crippen molar-refractivity contribution in [3.05, 3.63) is 84.9 Å². The first kappa shape index (κ1) is 18.8. The summed E-state index contributed by atoms with van der Waals surface area (Å²) in [4.78, 5) is 9.10. The van der Waals surface area contributed by atoms with E-state index in [0.29, 0.717) is 5.58 Å². The van der Waals surface area contributed by atoms with Crippen LogP contribution in [0.4, 0.5) is 0 Å². The minimum Gasteiger partial charge on any atom is -0.464 e. The highest BCUT2D eigenvalue weighted by Crippen LogP contribution is 2.38. The van der Waals surface area contributed by atoms with E-state index >= 15 is 0 Å². The quantitative estimate of drug-likeness (QED) is 0.288. The van der Waals surface area contributed by atoms with E-state index < -0.39 is 0 Å². The predicted octanol–water partition coefficient (Wildman–Crippen LogP) is 7.75. The van der Waals surface area contributed by atoms with E-state index in [1.54, 1.807) is 12.6 Å². The minimum atomic E-state index is -0.00542. The molecule has 0 saturated carbocycles. The van der Waals surface area contributed by atoms with Crippen molar-refractivity contribution < 1.29 is 8.83 Å². The van der Waals surface area contributed by atoms with E-state index in [2.05, 4.69) is 67.1 Å². The summed E-state index contributed by atoms with van der Waals surface area (Å²) in [6.07, 6.45) is 3.31. The van der Waals surface area contributed by atoms with Crippen LogP contribution in [0.1, 0.15) is 26.3 Å². The molecule has 3 heterocycles. The highest BCUT2D eigenvalue weighted by Gasteiger charge is 2.20. The zero-order valence-electron chi connectivity index (χ0n) is 18.2. The molecule has 3 aromatic carbocycles. The van der Waals surface area contributed by atoms with E-state index in [9.17, 15) is 0 Å². The molecule has 0 bridgehead atoms. The highest BCUT2D eigenvalue weighted by atomic mass is 16.3. The van der Waals surface area contributed by atoms with Gasteiger partial charge in [0.25, 0.3) is 0 Å². The van der Waals surface area contributed by atoms with Crippen molar-refractivity contribution in [1.29, 1.82) is 0 Å². The van der Waals surface area contributed by atoms with Gasteiger partial charge in [0.15, 0.2) is 5.58 Å². The summed E-state index contributed by atoms with van der Waals surface area (Å²) in [7, 11) is 0. The molecule has 4 heteroatoms. The van der Waals surface area contributed by atoms with Gasteiger partial charge in [-0.2, -0.15) is 0 Å². The molecule has 0 aliphatic heterocycles. The molecule has 0 atom stereocenters. The molecule has 0 aliphatic rings. The van der Waals surface area contributed by atoms with Gasteiger partial charge in [-0.25, -0.2) is 9.97 Å². The zero-order valence-corrected chi connectivity index (χ0v) is 18.2. The van der Waals surface area contributed by atoms with E-state index in [-0.39, 0.29) is 5.41 Å². The van der Waals surface area contributed by atoms with Crippen molar-refractivity contribution in [3.8, 4) is 22.6 Å². The van der Waals surface area contributed by atoms with E-state index in [1.807, 2.05) is 30.3 Å². The summed E-state index contributed by atoms with van der Waals surface area (Å²) in [6, 6.07) is 22.9. The van der Waals surface area contributed by atoms with Gasteiger partial charge in [0.05, 0.1) is 6.26 Å². The van der Waals surface area contributed by atoms with Gasteiger partial charge in [0, 0.05) is 22.6 Å². The molecule has 0 amide bonds. The van der Waals surface area contributed by atoms with Gasteiger partial charge in [-0.15, -0.1) is 0 Å². The molecule has 0 unspecified atom stereocenters. The number of aromatic nitrogens is 2. The summed E-state index contributed by atoms with van der Waals surface area (Å²) >= 11 is 0. The number of furan rings is 2. The second-order valence-corrected chi connectivity index (χ2v) is 9.22. The first-order valence-electron chi connectivity index (χ1n) is 10.7. The molecule has 32 heavy (non-hydrogen) atoms. The van der Waals surface area contributed by atoms with Gasteiger partial charge in [-0.05, 0) is 46.0 Å². The molecule has 6 aromatic rings. The number of hydrogen-bond donors (Lipinski definition) is 0. The highest BCUT2D eigenvalue weighted by molar-refractivity contribution is 5.96. The van der Waals surface area contributed by atoms with Crippen LogP contribution in [0.3, 0.4) is 0 Å². The van der Waals surface area contributed by atoms with Crippen LogP contribution < -0.4 is 0 Å². The summed E-state index contributed by atoms with van der Waals surface area (Å²) in [5.74, 6) is 0.747. The summed E-state index contributed by atoms with van der Waals surface area (Å²) in [6.45, 7) is 6.72. The lowest BCUT2D eigenvalue weighted by Gasteiger charge is -2.22. The van der Waals surface area contributed by atoms with Gasteiger partial charge in [0.2, 0.25) is 0 Å². The largest absolute Gasteiger partial charge is 0.464 e. The van der Waals surface area contributed by atoms with Crippen LogP contribution in [-0.4, -0.2) is 9.97 Å². The van der Waals surface area contributed by atoms with Crippen molar-refractivity contribution >= 4 is 32.8 Å².